The normalized spacial score (nSPS) is 16.3. The Hall–Kier alpha value is -3.49. The highest BCUT2D eigenvalue weighted by atomic mass is 35.5. The van der Waals surface area contributed by atoms with Gasteiger partial charge in [0.25, 0.3) is 0 Å². The van der Waals surface area contributed by atoms with Crippen LogP contribution in [0, 0.1) is 5.82 Å². The van der Waals surface area contributed by atoms with E-state index in [1.54, 1.807) is 27.9 Å². The van der Waals surface area contributed by atoms with Crippen LogP contribution in [0.15, 0.2) is 54.7 Å². The highest BCUT2D eigenvalue weighted by Crippen LogP contribution is 2.37. The van der Waals surface area contributed by atoms with Crippen molar-refractivity contribution >= 4 is 51.0 Å². The summed E-state index contributed by atoms with van der Waals surface area (Å²) in [7, 11) is 0. The molecule has 5 aromatic rings. The number of nitrogens with zero attached hydrogens (tertiary/aromatic N) is 5. The van der Waals surface area contributed by atoms with Gasteiger partial charge in [0.1, 0.15) is 5.52 Å². The molecule has 1 aliphatic rings. The summed E-state index contributed by atoms with van der Waals surface area (Å²) in [6.45, 7) is 0.313. The van der Waals surface area contributed by atoms with Crippen LogP contribution in [0.2, 0.25) is 10.0 Å². The van der Waals surface area contributed by atoms with Gasteiger partial charge < -0.3 is 4.90 Å². The number of aromatic nitrogens is 5. The van der Waals surface area contributed by atoms with Crippen LogP contribution in [-0.4, -0.2) is 36.0 Å². The Morgan fingerprint density at radius 3 is 2.85 bits per heavy atom. The number of halogens is 3. The molecule has 1 N–H and O–H groups in total. The lowest BCUT2D eigenvalue weighted by Gasteiger charge is -2.26. The Kier molecular flexibility index (Phi) is 5.00. The van der Waals surface area contributed by atoms with Gasteiger partial charge >= 0.3 is 0 Å². The average molecular weight is 495 g/mol. The van der Waals surface area contributed by atoms with Gasteiger partial charge in [0.05, 0.1) is 29.0 Å². The summed E-state index contributed by atoms with van der Waals surface area (Å²) in [6, 6.07) is 13.9. The zero-order valence-electron chi connectivity index (χ0n) is 17.7. The van der Waals surface area contributed by atoms with Crippen LogP contribution in [0.4, 0.5) is 4.39 Å². The van der Waals surface area contributed by atoms with E-state index in [-0.39, 0.29) is 17.5 Å². The molecule has 1 amide bonds. The van der Waals surface area contributed by atoms with E-state index in [9.17, 15) is 4.79 Å². The molecule has 7 nitrogen and oxygen atoms in total. The fourth-order valence-electron chi connectivity index (χ4n) is 4.55. The zero-order valence-corrected chi connectivity index (χ0v) is 19.2. The van der Waals surface area contributed by atoms with Gasteiger partial charge in [-0.2, -0.15) is 5.10 Å². The fraction of sp³-hybridized carbons (Fsp3) is 0.167. The van der Waals surface area contributed by atoms with E-state index in [0.717, 1.165) is 22.2 Å². The maximum atomic E-state index is 15.1. The second-order valence-corrected chi connectivity index (χ2v) is 9.17. The molecule has 2 aromatic heterocycles. The Morgan fingerprint density at radius 1 is 1.12 bits per heavy atom. The largest absolute Gasteiger partial charge is 0.331 e. The molecule has 0 radical (unpaired) electrons. The third kappa shape index (κ3) is 3.50. The highest BCUT2D eigenvalue weighted by molar-refractivity contribution is 6.35. The Balaban J connectivity index is 1.41. The van der Waals surface area contributed by atoms with Crippen molar-refractivity contribution < 1.29 is 9.18 Å². The van der Waals surface area contributed by atoms with Crippen molar-refractivity contribution in [3.8, 4) is 5.69 Å². The number of carbonyl (C=O) groups excluding carboxylic acids is 1. The van der Waals surface area contributed by atoms with Crippen molar-refractivity contribution in [3.05, 3.63) is 81.7 Å². The Bertz CT molecular complexity index is 1580. The lowest BCUT2D eigenvalue weighted by atomic mass is 10.0. The number of likely N-dealkylation sites (tertiary alicyclic amines) is 1. The first-order chi connectivity index (χ1) is 16.5. The van der Waals surface area contributed by atoms with Gasteiger partial charge in [-0.3, -0.25) is 9.89 Å². The van der Waals surface area contributed by atoms with E-state index in [2.05, 4.69) is 20.5 Å². The number of hydrogen-bond donors (Lipinski definition) is 1. The summed E-state index contributed by atoms with van der Waals surface area (Å²) in [4.78, 5) is 14.5. The minimum Gasteiger partial charge on any atom is -0.331 e. The van der Waals surface area contributed by atoms with Gasteiger partial charge in [0.2, 0.25) is 5.91 Å². The molecular formula is C24H17Cl2FN6O. The predicted octanol–water partition coefficient (Wildman–Crippen LogP) is 5.61. The van der Waals surface area contributed by atoms with Crippen molar-refractivity contribution in [1.82, 2.24) is 30.1 Å². The maximum Gasteiger partial charge on any atom is 0.223 e. The molecule has 1 aliphatic heterocycles. The van der Waals surface area contributed by atoms with E-state index in [0.29, 0.717) is 40.5 Å². The minimum absolute atomic E-state index is 0.00662. The van der Waals surface area contributed by atoms with E-state index in [4.69, 9.17) is 23.2 Å². The van der Waals surface area contributed by atoms with Crippen LogP contribution in [0.25, 0.3) is 27.6 Å². The maximum absolute atomic E-state index is 15.1. The van der Waals surface area contributed by atoms with Crippen molar-refractivity contribution in [3.63, 3.8) is 0 Å². The lowest BCUT2D eigenvalue weighted by Crippen LogP contribution is -2.27. The van der Waals surface area contributed by atoms with Crippen LogP contribution in [0.1, 0.15) is 30.0 Å². The lowest BCUT2D eigenvalue weighted by molar-refractivity contribution is -0.129. The van der Waals surface area contributed by atoms with Gasteiger partial charge in [-0.25, -0.2) is 9.07 Å². The monoisotopic (exact) mass is 494 g/mol. The van der Waals surface area contributed by atoms with Gasteiger partial charge in [0.15, 0.2) is 5.82 Å². The molecule has 1 atom stereocenters. The number of carbonyl (C=O) groups is 1. The number of H-pyrrole nitrogens is 1. The zero-order chi connectivity index (χ0) is 23.4. The highest BCUT2D eigenvalue weighted by Gasteiger charge is 2.33. The number of benzene rings is 3. The summed E-state index contributed by atoms with van der Waals surface area (Å²) >= 11 is 12.4. The number of fused-ring (bicyclic) bond motifs is 2. The summed E-state index contributed by atoms with van der Waals surface area (Å²) in [5.41, 5.74) is 3.73. The van der Waals surface area contributed by atoms with E-state index in [1.807, 2.05) is 30.3 Å². The third-order valence-electron chi connectivity index (χ3n) is 6.27. The van der Waals surface area contributed by atoms with E-state index in [1.165, 1.54) is 6.07 Å². The summed E-state index contributed by atoms with van der Waals surface area (Å²) in [5.74, 6) is -0.488. The quantitative estimate of drug-likeness (QED) is 0.352. The summed E-state index contributed by atoms with van der Waals surface area (Å²) in [6.07, 6.45) is 2.69. The van der Waals surface area contributed by atoms with Gasteiger partial charge in [-0.05, 0) is 60.0 Å². The Labute approximate surface area is 203 Å². The number of rotatable bonds is 4. The van der Waals surface area contributed by atoms with Crippen molar-refractivity contribution in [1.29, 1.82) is 0 Å². The van der Waals surface area contributed by atoms with Crippen LogP contribution in [0.5, 0.6) is 0 Å². The fourth-order valence-corrected chi connectivity index (χ4v) is 5.02. The molecule has 0 spiro atoms. The summed E-state index contributed by atoms with van der Waals surface area (Å²) in [5, 5.41) is 17.2. The standard InChI is InChI=1S/C24H17Cl2FN6O/c25-16-3-1-14(18(26)9-16)12-32-21(5-6-23(32)34)15-7-19(27)24-22(8-15)33(31-30-24)17-4-2-13-11-28-29-20(13)10-17/h1-4,7-11,21H,5-6,12H2,(H,28,29). The van der Waals surface area contributed by atoms with Crippen LogP contribution >= 0.6 is 23.2 Å². The first kappa shape index (κ1) is 21.1. The number of amides is 1. The molecular weight excluding hydrogens is 478 g/mol. The molecule has 1 unspecified atom stereocenters. The second-order valence-electron chi connectivity index (χ2n) is 8.33. The van der Waals surface area contributed by atoms with Crippen LogP contribution in [-0.2, 0) is 11.3 Å². The molecule has 1 fully saturated rings. The molecule has 0 aliphatic carbocycles. The second kappa shape index (κ2) is 8.07. The van der Waals surface area contributed by atoms with Crippen LogP contribution < -0.4 is 0 Å². The van der Waals surface area contributed by atoms with E-state index < -0.39 is 5.82 Å². The molecule has 3 heterocycles. The van der Waals surface area contributed by atoms with Crippen molar-refractivity contribution in [2.45, 2.75) is 25.4 Å². The molecule has 1 saturated heterocycles. The molecule has 3 aromatic carbocycles. The van der Waals surface area contributed by atoms with Gasteiger partial charge in [-0.1, -0.05) is 34.5 Å². The first-order valence-corrected chi connectivity index (χ1v) is 11.5. The molecule has 0 bridgehead atoms. The van der Waals surface area contributed by atoms with Crippen LogP contribution in [0.3, 0.4) is 0 Å². The first-order valence-electron chi connectivity index (χ1n) is 10.7. The molecule has 10 heteroatoms. The number of aromatic amines is 1. The minimum atomic E-state index is -0.481. The smallest absolute Gasteiger partial charge is 0.223 e. The Morgan fingerprint density at radius 2 is 2.00 bits per heavy atom. The van der Waals surface area contributed by atoms with Gasteiger partial charge in [0, 0.05) is 28.4 Å². The topological polar surface area (TPSA) is 79.7 Å². The van der Waals surface area contributed by atoms with Crippen molar-refractivity contribution in [2.75, 3.05) is 0 Å². The van der Waals surface area contributed by atoms with Gasteiger partial charge in [-0.15, -0.1) is 5.10 Å². The predicted molar refractivity (Wildman–Crippen MR) is 127 cm³/mol. The number of nitrogens with one attached hydrogen (secondary N) is 1. The molecule has 0 saturated carbocycles. The molecule has 34 heavy (non-hydrogen) atoms. The van der Waals surface area contributed by atoms with Crippen molar-refractivity contribution in [2.24, 2.45) is 0 Å². The SMILES string of the molecule is O=C1CCC(c2cc(F)c3nnn(-c4ccc5cn[nH]c5c4)c3c2)N1Cc1ccc(Cl)cc1Cl. The molecule has 6 rings (SSSR count). The molecule has 170 valence electrons. The average Bonchev–Trinajstić information content (AvgIpc) is 3.54. The number of hydrogen-bond acceptors (Lipinski definition) is 4. The third-order valence-corrected chi connectivity index (χ3v) is 6.85. The summed E-state index contributed by atoms with van der Waals surface area (Å²) < 4.78 is 16.7. The van der Waals surface area contributed by atoms with E-state index >= 15 is 4.39 Å².